The highest BCUT2D eigenvalue weighted by atomic mass is 35.5. The van der Waals surface area contributed by atoms with Gasteiger partial charge in [-0.05, 0) is 43.9 Å². The van der Waals surface area contributed by atoms with Crippen molar-refractivity contribution in [2.24, 2.45) is 5.92 Å². The van der Waals surface area contributed by atoms with Gasteiger partial charge < -0.3 is 5.32 Å². The monoisotopic (exact) mass is 444 g/mol. The van der Waals surface area contributed by atoms with E-state index in [0.717, 1.165) is 44.2 Å². The molecule has 1 atom stereocenters. The number of nitrogens with zero attached hydrogens (tertiary/aromatic N) is 1. The molecule has 5 nitrogen and oxygen atoms in total. The predicted molar refractivity (Wildman–Crippen MR) is 112 cm³/mol. The van der Waals surface area contributed by atoms with E-state index in [2.05, 4.69) is 5.32 Å². The van der Waals surface area contributed by atoms with Crippen LogP contribution >= 0.6 is 11.6 Å². The molecule has 1 unspecified atom stereocenters. The summed E-state index contributed by atoms with van der Waals surface area (Å²) < 4.78 is 41.8. The third-order valence-corrected chi connectivity index (χ3v) is 8.24. The van der Waals surface area contributed by atoms with E-state index in [0.29, 0.717) is 19.4 Å². The number of sulfonamides is 1. The van der Waals surface area contributed by atoms with Crippen molar-refractivity contribution in [1.82, 2.24) is 9.62 Å². The lowest BCUT2D eigenvalue weighted by Gasteiger charge is -2.35. The van der Waals surface area contributed by atoms with Gasteiger partial charge in [0.15, 0.2) is 0 Å². The van der Waals surface area contributed by atoms with Gasteiger partial charge >= 0.3 is 0 Å². The molecule has 1 aromatic rings. The summed E-state index contributed by atoms with van der Waals surface area (Å²) in [7, 11) is -4.03. The van der Waals surface area contributed by atoms with E-state index in [4.69, 9.17) is 11.6 Å². The average molecular weight is 445 g/mol. The van der Waals surface area contributed by atoms with Crippen LogP contribution in [-0.2, 0) is 14.8 Å². The molecule has 3 rings (SSSR count). The van der Waals surface area contributed by atoms with Gasteiger partial charge in [-0.3, -0.25) is 4.79 Å². The van der Waals surface area contributed by atoms with Crippen LogP contribution in [0.1, 0.15) is 64.2 Å². The lowest BCUT2D eigenvalue weighted by atomic mass is 9.90. The van der Waals surface area contributed by atoms with Crippen molar-refractivity contribution >= 4 is 27.5 Å². The molecule has 0 radical (unpaired) electrons. The number of halogens is 2. The molecule has 1 aliphatic carbocycles. The van der Waals surface area contributed by atoms with Crippen molar-refractivity contribution in [3.63, 3.8) is 0 Å². The van der Waals surface area contributed by atoms with E-state index in [9.17, 15) is 17.6 Å². The summed E-state index contributed by atoms with van der Waals surface area (Å²) in [6, 6.07) is 3.19. The fraction of sp³-hybridized carbons (Fsp3) is 0.667. The van der Waals surface area contributed by atoms with Crippen molar-refractivity contribution in [1.29, 1.82) is 0 Å². The zero-order valence-electron chi connectivity index (χ0n) is 16.7. The Hall–Kier alpha value is -1.18. The van der Waals surface area contributed by atoms with E-state index < -0.39 is 20.7 Å². The summed E-state index contributed by atoms with van der Waals surface area (Å²) >= 11 is 5.91. The zero-order chi connectivity index (χ0) is 20.9. The highest BCUT2D eigenvalue weighted by Gasteiger charge is 2.35. The SMILES string of the molecule is O=C(NCC1CCCCN1S(=O)(=O)c1cc(Cl)ccc1F)C1CCCCCCC1. The van der Waals surface area contributed by atoms with Gasteiger partial charge in [0.05, 0.1) is 0 Å². The molecule has 1 aliphatic heterocycles. The highest BCUT2D eigenvalue weighted by Crippen LogP contribution is 2.29. The minimum Gasteiger partial charge on any atom is -0.354 e. The van der Waals surface area contributed by atoms with E-state index in [-0.39, 0.29) is 29.4 Å². The molecular weight excluding hydrogens is 415 g/mol. The number of nitrogens with one attached hydrogen (secondary N) is 1. The van der Waals surface area contributed by atoms with E-state index in [1.54, 1.807) is 0 Å². The number of hydrogen-bond acceptors (Lipinski definition) is 3. The van der Waals surface area contributed by atoms with Crippen molar-refractivity contribution in [3.05, 3.63) is 29.0 Å². The lowest BCUT2D eigenvalue weighted by Crippen LogP contribution is -2.50. The van der Waals surface area contributed by atoms with Gasteiger partial charge in [-0.25, -0.2) is 12.8 Å². The standard InChI is InChI=1S/C21H30ClFN2O3S/c22-17-11-12-19(23)20(14-17)29(27,28)25-13-7-6-10-18(25)15-24-21(26)16-8-4-2-1-3-5-9-16/h11-12,14,16,18H,1-10,13,15H2,(H,24,26). The number of benzene rings is 1. The number of piperidine rings is 1. The average Bonchev–Trinajstić information content (AvgIpc) is 2.68. The second-order valence-corrected chi connectivity index (χ2v) is 10.4. The molecule has 0 aromatic heterocycles. The topological polar surface area (TPSA) is 66.5 Å². The van der Waals surface area contributed by atoms with Gasteiger partial charge in [0.1, 0.15) is 10.7 Å². The van der Waals surface area contributed by atoms with Crippen molar-refractivity contribution < 1.29 is 17.6 Å². The van der Waals surface area contributed by atoms with Crippen molar-refractivity contribution in [2.45, 2.75) is 75.1 Å². The van der Waals surface area contributed by atoms with E-state index in [1.165, 1.54) is 29.6 Å². The summed E-state index contributed by atoms with van der Waals surface area (Å²) in [5.41, 5.74) is 0. The smallest absolute Gasteiger partial charge is 0.246 e. The second kappa shape index (κ2) is 10.2. The quantitative estimate of drug-likeness (QED) is 0.727. The molecular formula is C21H30ClFN2O3S. The Labute approximate surface area is 178 Å². The Morgan fingerprint density at radius 2 is 1.72 bits per heavy atom. The van der Waals surface area contributed by atoms with Gasteiger partial charge in [0.2, 0.25) is 15.9 Å². The fourth-order valence-corrected chi connectivity index (χ4v) is 6.40. The maximum Gasteiger partial charge on any atom is 0.246 e. The lowest BCUT2D eigenvalue weighted by molar-refractivity contribution is -0.125. The zero-order valence-corrected chi connectivity index (χ0v) is 18.3. The molecule has 1 amide bonds. The molecule has 1 N–H and O–H groups in total. The largest absolute Gasteiger partial charge is 0.354 e. The highest BCUT2D eigenvalue weighted by molar-refractivity contribution is 7.89. The first-order chi connectivity index (χ1) is 13.9. The summed E-state index contributed by atoms with van der Waals surface area (Å²) in [5.74, 6) is -0.782. The minimum absolute atomic E-state index is 0.00863. The van der Waals surface area contributed by atoms with Crippen LogP contribution in [0.3, 0.4) is 0 Å². The van der Waals surface area contributed by atoms with E-state index in [1.807, 2.05) is 0 Å². The predicted octanol–water partition coefficient (Wildman–Crippen LogP) is 4.50. The summed E-state index contributed by atoms with van der Waals surface area (Å²) in [6.45, 7) is 0.578. The molecule has 29 heavy (non-hydrogen) atoms. The van der Waals surface area contributed by atoms with Gasteiger partial charge in [-0.2, -0.15) is 4.31 Å². The van der Waals surface area contributed by atoms with Crippen LogP contribution in [-0.4, -0.2) is 37.8 Å². The maximum atomic E-state index is 14.2. The van der Waals surface area contributed by atoms with Gasteiger partial charge in [0, 0.05) is 30.1 Å². The first kappa shape index (κ1) is 22.5. The van der Waals surface area contributed by atoms with Crippen LogP contribution in [0.2, 0.25) is 5.02 Å². The van der Waals surface area contributed by atoms with Gasteiger partial charge in [-0.15, -0.1) is 0 Å². The maximum absolute atomic E-state index is 14.2. The Bertz CT molecular complexity index is 810. The van der Waals surface area contributed by atoms with Crippen molar-refractivity contribution in [3.8, 4) is 0 Å². The Kier molecular flexibility index (Phi) is 7.93. The van der Waals surface area contributed by atoms with Crippen LogP contribution in [0.5, 0.6) is 0 Å². The number of hydrogen-bond donors (Lipinski definition) is 1. The summed E-state index contributed by atoms with van der Waals surface area (Å²) in [6.07, 6.45) is 9.75. The minimum atomic E-state index is -4.03. The fourth-order valence-electron chi connectivity index (χ4n) is 4.38. The third-order valence-electron chi connectivity index (χ3n) is 6.04. The number of rotatable bonds is 5. The molecule has 0 spiro atoms. The van der Waals surface area contributed by atoms with Crippen LogP contribution in [0.25, 0.3) is 0 Å². The van der Waals surface area contributed by atoms with Crippen LogP contribution in [0, 0.1) is 11.7 Å². The van der Waals surface area contributed by atoms with Crippen LogP contribution < -0.4 is 5.32 Å². The Morgan fingerprint density at radius 1 is 1.07 bits per heavy atom. The number of carbonyl (C=O) groups is 1. The number of carbonyl (C=O) groups excluding carboxylic acids is 1. The second-order valence-electron chi connectivity index (χ2n) is 8.13. The first-order valence-corrected chi connectivity index (χ1v) is 12.5. The van der Waals surface area contributed by atoms with Gasteiger partial charge in [0.25, 0.3) is 0 Å². The van der Waals surface area contributed by atoms with Crippen molar-refractivity contribution in [2.75, 3.05) is 13.1 Å². The molecule has 8 heteroatoms. The molecule has 1 aromatic carbocycles. The Morgan fingerprint density at radius 3 is 2.45 bits per heavy atom. The molecule has 2 aliphatic rings. The summed E-state index contributed by atoms with van der Waals surface area (Å²) in [4.78, 5) is 12.3. The normalized spacial score (nSPS) is 22.6. The number of amides is 1. The molecule has 2 fully saturated rings. The molecule has 1 saturated carbocycles. The third kappa shape index (κ3) is 5.70. The Balaban J connectivity index is 1.69. The molecule has 1 heterocycles. The van der Waals surface area contributed by atoms with Crippen LogP contribution in [0.15, 0.2) is 23.1 Å². The van der Waals surface area contributed by atoms with Crippen LogP contribution in [0.4, 0.5) is 4.39 Å². The molecule has 1 saturated heterocycles. The molecule has 162 valence electrons. The first-order valence-electron chi connectivity index (χ1n) is 10.6. The molecule has 0 bridgehead atoms. The summed E-state index contributed by atoms with van der Waals surface area (Å²) in [5, 5.41) is 3.16. The van der Waals surface area contributed by atoms with Gasteiger partial charge in [-0.1, -0.05) is 50.1 Å². The van der Waals surface area contributed by atoms with E-state index >= 15 is 0 Å².